The third kappa shape index (κ3) is 4.92. The van der Waals surface area contributed by atoms with Gasteiger partial charge in [-0.15, -0.1) is 0 Å². The van der Waals surface area contributed by atoms with E-state index in [1.807, 2.05) is 28.8 Å². The molecule has 2 fully saturated rings. The summed E-state index contributed by atoms with van der Waals surface area (Å²) in [5.41, 5.74) is -0.0198. The van der Waals surface area contributed by atoms with Crippen LogP contribution in [0, 0.1) is 0 Å². The largest absolute Gasteiger partial charge is 0.369 e. The molecule has 9 nitrogen and oxygen atoms in total. The number of hydrogen-bond donors (Lipinski definition) is 1. The van der Waals surface area contributed by atoms with Gasteiger partial charge in [0.1, 0.15) is 5.60 Å². The highest BCUT2D eigenvalue weighted by molar-refractivity contribution is 5.79. The fraction of sp³-hybridized carbons (Fsp3) is 0.667. The summed E-state index contributed by atoms with van der Waals surface area (Å²) >= 11 is 0. The predicted molar refractivity (Wildman–Crippen MR) is 98.2 cm³/mol. The minimum absolute atomic E-state index is 0.0451. The molecule has 9 heteroatoms. The van der Waals surface area contributed by atoms with Crippen LogP contribution in [0.2, 0.25) is 0 Å². The molecule has 2 amide bonds. The van der Waals surface area contributed by atoms with Crippen LogP contribution in [0.3, 0.4) is 0 Å². The maximum atomic E-state index is 12.6. The fourth-order valence-corrected chi connectivity index (χ4v) is 3.64. The average molecular weight is 377 g/mol. The molecule has 1 aromatic rings. The molecule has 1 atom stereocenters. The van der Waals surface area contributed by atoms with Crippen molar-refractivity contribution in [3.8, 4) is 0 Å². The number of nitrogens with zero attached hydrogens (tertiary/aromatic N) is 4. The third-order valence-electron chi connectivity index (χ3n) is 5.05. The second-order valence-electron chi connectivity index (χ2n) is 7.56. The SMILES string of the molecule is CN(C)CC(=O)N1CCC2(CN(C(=O)CCc3ccc(=O)[nH]n3)CCO2)C1. The Hall–Kier alpha value is -2.26. The van der Waals surface area contributed by atoms with Crippen molar-refractivity contribution in [3.63, 3.8) is 0 Å². The number of morpholine rings is 1. The van der Waals surface area contributed by atoms with Crippen LogP contribution >= 0.6 is 0 Å². The minimum atomic E-state index is -0.452. The van der Waals surface area contributed by atoms with Crippen molar-refractivity contribution in [1.82, 2.24) is 24.9 Å². The highest BCUT2D eigenvalue weighted by atomic mass is 16.5. The third-order valence-corrected chi connectivity index (χ3v) is 5.05. The molecule has 2 saturated heterocycles. The van der Waals surface area contributed by atoms with Crippen molar-refractivity contribution in [3.05, 3.63) is 28.2 Å². The number of nitrogens with one attached hydrogen (secondary N) is 1. The van der Waals surface area contributed by atoms with Crippen LogP contribution in [0.15, 0.2) is 16.9 Å². The number of likely N-dealkylation sites (N-methyl/N-ethyl adjacent to an activating group) is 1. The Labute approximate surface area is 158 Å². The Morgan fingerprint density at radius 3 is 2.63 bits per heavy atom. The highest BCUT2D eigenvalue weighted by Crippen LogP contribution is 2.29. The molecule has 1 spiro atoms. The number of carbonyl (C=O) groups is 2. The molecule has 2 aliphatic rings. The smallest absolute Gasteiger partial charge is 0.264 e. The number of carbonyl (C=O) groups excluding carboxylic acids is 2. The fourth-order valence-electron chi connectivity index (χ4n) is 3.64. The first-order valence-corrected chi connectivity index (χ1v) is 9.26. The number of aromatic amines is 1. The first-order valence-electron chi connectivity index (χ1n) is 9.26. The lowest BCUT2D eigenvalue weighted by Gasteiger charge is -2.40. The number of ether oxygens (including phenoxy) is 1. The Morgan fingerprint density at radius 2 is 1.96 bits per heavy atom. The van der Waals surface area contributed by atoms with Gasteiger partial charge in [-0.05, 0) is 26.6 Å². The molecule has 27 heavy (non-hydrogen) atoms. The summed E-state index contributed by atoms with van der Waals surface area (Å²) in [5.74, 6) is 0.136. The first-order chi connectivity index (χ1) is 12.9. The molecule has 0 radical (unpaired) electrons. The number of rotatable bonds is 5. The van der Waals surface area contributed by atoms with Gasteiger partial charge in [0.25, 0.3) is 5.56 Å². The number of amides is 2. The van der Waals surface area contributed by atoms with Gasteiger partial charge in [-0.1, -0.05) is 0 Å². The molecular formula is C18H27N5O4. The average Bonchev–Trinajstić information content (AvgIpc) is 3.04. The van der Waals surface area contributed by atoms with Crippen molar-refractivity contribution in [2.45, 2.75) is 24.9 Å². The van der Waals surface area contributed by atoms with Gasteiger partial charge in [-0.2, -0.15) is 5.10 Å². The quantitative estimate of drug-likeness (QED) is 0.714. The molecule has 3 heterocycles. The monoisotopic (exact) mass is 377 g/mol. The second-order valence-corrected chi connectivity index (χ2v) is 7.56. The van der Waals surface area contributed by atoms with Gasteiger partial charge in [0.2, 0.25) is 11.8 Å². The van der Waals surface area contributed by atoms with Crippen molar-refractivity contribution < 1.29 is 14.3 Å². The second kappa shape index (κ2) is 8.18. The van der Waals surface area contributed by atoms with Crippen LogP contribution in [-0.2, 0) is 20.7 Å². The summed E-state index contributed by atoms with van der Waals surface area (Å²) in [5, 5.41) is 6.32. The number of aromatic nitrogens is 2. The van der Waals surface area contributed by atoms with Gasteiger partial charge < -0.3 is 19.4 Å². The molecule has 2 aliphatic heterocycles. The summed E-state index contributed by atoms with van der Waals surface area (Å²) < 4.78 is 6.01. The zero-order chi connectivity index (χ0) is 19.4. The predicted octanol–water partition coefficient (Wildman–Crippen LogP) is -0.906. The van der Waals surface area contributed by atoms with Crippen molar-refractivity contribution >= 4 is 11.8 Å². The number of hydrogen-bond acceptors (Lipinski definition) is 6. The Bertz CT molecular complexity index is 729. The standard InChI is InChI=1S/C18H27N5O4/c1-21(2)11-17(26)22-8-7-18(12-22)13-23(9-10-27-18)16(25)6-4-14-3-5-15(24)20-19-14/h3,5H,4,6-13H2,1-2H3,(H,20,24). The van der Waals surface area contributed by atoms with E-state index in [0.29, 0.717) is 57.9 Å². The van der Waals surface area contributed by atoms with Gasteiger partial charge in [-0.25, -0.2) is 5.10 Å². The van der Waals surface area contributed by atoms with E-state index in [0.717, 1.165) is 6.42 Å². The molecule has 148 valence electrons. The van der Waals surface area contributed by atoms with E-state index in [1.165, 1.54) is 6.07 Å². The molecule has 1 unspecified atom stereocenters. The lowest BCUT2D eigenvalue weighted by Crippen LogP contribution is -2.55. The minimum Gasteiger partial charge on any atom is -0.369 e. The van der Waals surface area contributed by atoms with Gasteiger partial charge in [0.05, 0.1) is 31.9 Å². The number of likely N-dealkylation sites (tertiary alicyclic amines) is 1. The summed E-state index contributed by atoms with van der Waals surface area (Å²) in [4.78, 5) is 41.5. The lowest BCUT2D eigenvalue weighted by atomic mass is 10.00. The van der Waals surface area contributed by atoms with E-state index in [2.05, 4.69) is 10.2 Å². The lowest BCUT2D eigenvalue weighted by molar-refractivity contribution is -0.150. The van der Waals surface area contributed by atoms with Gasteiger partial charge in [0, 0.05) is 32.0 Å². The van der Waals surface area contributed by atoms with Crippen LogP contribution in [0.4, 0.5) is 0 Å². The summed E-state index contributed by atoms with van der Waals surface area (Å²) in [7, 11) is 3.75. The van der Waals surface area contributed by atoms with Crippen LogP contribution in [0.1, 0.15) is 18.5 Å². The molecule has 1 aromatic heterocycles. The van der Waals surface area contributed by atoms with Crippen molar-refractivity contribution in [2.75, 3.05) is 53.4 Å². The molecule has 3 rings (SSSR count). The Morgan fingerprint density at radius 1 is 1.22 bits per heavy atom. The number of H-pyrrole nitrogens is 1. The number of aryl methyl sites for hydroxylation is 1. The van der Waals surface area contributed by atoms with E-state index in [1.54, 1.807) is 6.07 Å². The normalized spacial score (nSPS) is 22.6. The maximum Gasteiger partial charge on any atom is 0.264 e. The van der Waals surface area contributed by atoms with Crippen LogP contribution < -0.4 is 5.56 Å². The summed E-state index contributed by atoms with van der Waals surface area (Å²) in [6.45, 7) is 3.13. The summed E-state index contributed by atoms with van der Waals surface area (Å²) in [6.07, 6.45) is 1.56. The van der Waals surface area contributed by atoms with E-state index >= 15 is 0 Å². The molecule has 1 N–H and O–H groups in total. The van der Waals surface area contributed by atoms with Crippen LogP contribution in [0.25, 0.3) is 0 Å². The van der Waals surface area contributed by atoms with E-state index < -0.39 is 5.60 Å². The maximum absolute atomic E-state index is 12.6. The first kappa shape index (κ1) is 19.5. The van der Waals surface area contributed by atoms with Crippen LogP contribution in [-0.4, -0.2) is 95.7 Å². The van der Waals surface area contributed by atoms with Crippen LogP contribution in [0.5, 0.6) is 0 Å². The Balaban J connectivity index is 1.54. The zero-order valence-electron chi connectivity index (χ0n) is 15.9. The topological polar surface area (TPSA) is 98.8 Å². The highest BCUT2D eigenvalue weighted by Gasteiger charge is 2.45. The summed E-state index contributed by atoms with van der Waals surface area (Å²) in [6, 6.07) is 3.05. The van der Waals surface area contributed by atoms with E-state index in [9.17, 15) is 14.4 Å². The molecular weight excluding hydrogens is 350 g/mol. The van der Waals surface area contributed by atoms with E-state index in [4.69, 9.17) is 4.74 Å². The van der Waals surface area contributed by atoms with Gasteiger partial charge >= 0.3 is 0 Å². The zero-order valence-corrected chi connectivity index (χ0v) is 15.9. The van der Waals surface area contributed by atoms with Gasteiger partial charge in [-0.3, -0.25) is 14.4 Å². The molecule has 0 saturated carbocycles. The van der Waals surface area contributed by atoms with Crippen molar-refractivity contribution in [1.29, 1.82) is 0 Å². The molecule has 0 bridgehead atoms. The van der Waals surface area contributed by atoms with Crippen molar-refractivity contribution in [2.24, 2.45) is 0 Å². The van der Waals surface area contributed by atoms with Gasteiger partial charge in [0.15, 0.2) is 0 Å². The molecule has 0 aliphatic carbocycles. The Kier molecular flexibility index (Phi) is 5.91. The van der Waals surface area contributed by atoms with E-state index in [-0.39, 0.29) is 17.4 Å². The molecule has 0 aromatic carbocycles.